The number of hydrogen-bond donors (Lipinski definition) is 1. The molecule has 1 fully saturated rings. The van der Waals surface area contributed by atoms with Crippen molar-refractivity contribution in [2.75, 3.05) is 13.1 Å². The molecule has 1 aromatic carbocycles. The molecule has 4 heteroatoms. The lowest BCUT2D eigenvalue weighted by Crippen LogP contribution is -2.39. The minimum absolute atomic E-state index is 0.182. The Labute approximate surface area is 116 Å². The summed E-state index contributed by atoms with van der Waals surface area (Å²) in [5.41, 5.74) is 6.96. The number of nitrogens with zero attached hydrogens (tertiary/aromatic N) is 1. The minimum Gasteiger partial charge on any atom is -0.328 e. The molecule has 2 rings (SSSR count). The summed E-state index contributed by atoms with van der Waals surface area (Å²) in [5, 5.41) is 0. The van der Waals surface area contributed by atoms with Gasteiger partial charge in [-0.05, 0) is 66.3 Å². The van der Waals surface area contributed by atoms with Crippen LogP contribution in [0.15, 0.2) is 22.7 Å². The van der Waals surface area contributed by atoms with E-state index in [1.165, 1.54) is 6.07 Å². The summed E-state index contributed by atoms with van der Waals surface area (Å²) >= 11 is 3.32. The zero-order chi connectivity index (χ0) is 13.1. The molecule has 1 heterocycles. The third kappa shape index (κ3) is 3.31. The molecule has 0 spiro atoms. The predicted molar refractivity (Wildman–Crippen MR) is 75.8 cm³/mol. The van der Waals surface area contributed by atoms with E-state index < -0.39 is 0 Å². The fraction of sp³-hybridized carbons (Fsp3) is 0.571. The minimum atomic E-state index is -0.182. The number of rotatable bonds is 3. The van der Waals surface area contributed by atoms with E-state index >= 15 is 0 Å². The van der Waals surface area contributed by atoms with Crippen LogP contribution < -0.4 is 5.73 Å². The molecule has 1 saturated heterocycles. The lowest BCUT2D eigenvalue weighted by Gasteiger charge is -2.33. The van der Waals surface area contributed by atoms with Gasteiger partial charge in [-0.15, -0.1) is 0 Å². The average molecular weight is 315 g/mol. The van der Waals surface area contributed by atoms with Crippen LogP contribution in [0, 0.1) is 11.7 Å². The first-order valence-corrected chi connectivity index (χ1v) is 7.28. The van der Waals surface area contributed by atoms with Gasteiger partial charge in [0.1, 0.15) is 5.82 Å². The maximum Gasteiger partial charge on any atom is 0.137 e. The standard InChI is InChI=1S/C14H20BrFN2/c1-10(17)11-5-7-18(8-6-11)9-12-3-2-4-13(16)14(12)15/h2-4,10-11H,5-9,17H2,1H3. The Morgan fingerprint density at radius 3 is 2.72 bits per heavy atom. The zero-order valence-corrected chi connectivity index (χ0v) is 12.3. The second-order valence-corrected chi connectivity index (χ2v) is 5.98. The molecular weight excluding hydrogens is 295 g/mol. The Kier molecular flexibility index (Phi) is 4.76. The van der Waals surface area contributed by atoms with Crippen molar-refractivity contribution in [3.8, 4) is 0 Å². The van der Waals surface area contributed by atoms with E-state index in [0.29, 0.717) is 10.4 Å². The van der Waals surface area contributed by atoms with Crippen molar-refractivity contribution in [1.29, 1.82) is 0 Å². The van der Waals surface area contributed by atoms with Crippen molar-refractivity contribution in [1.82, 2.24) is 4.90 Å². The topological polar surface area (TPSA) is 29.3 Å². The molecule has 0 aromatic heterocycles. The molecule has 0 aliphatic carbocycles. The van der Waals surface area contributed by atoms with Gasteiger partial charge in [0, 0.05) is 12.6 Å². The van der Waals surface area contributed by atoms with Gasteiger partial charge < -0.3 is 5.73 Å². The van der Waals surface area contributed by atoms with E-state index in [0.717, 1.165) is 38.0 Å². The van der Waals surface area contributed by atoms with Crippen LogP contribution in [0.25, 0.3) is 0 Å². The number of nitrogens with two attached hydrogens (primary N) is 1. The molecule has 18 heavy (non-hydrogen) atoms. The fourth-order valence-corrected chi connectivity index (χ4v) is 2.94. The van der Waals surface area contributed by atoms with Crippen LogP contribution in [0.1, 0.15) is 25.3 Å². The third-order valence-electron chi connectivity index (χ3n) is 3.80. The highest BCUT2D eigenvalue weighted by Crippen LogP contribution is 2.25. The van der Waals surface area contributed by atoms with Crippen molar-refractivity contribution in [3.63, 3.8) is 0 Å². The lowest BCUT2D eigenvalue weighted by molar-refractivity contribution is 0.165. The summed E-state index contributed by atoms with van der Waals surface area (Å²) in [7, 11) is 0. The number of benzene rings is 1. The first-order valence-electron chi connectivity index (χ1n) is 6.48. The van der Waals surface area contributed by atoms with Gasteiger partial charge in [0.2, 0.25) is 0 Å². The smallest absolute Gasteiger partial charge is 0.137 e. The van der Waals surface area contributed by atoms with E-state index in [4.69, 9.17) is 5.73 Å². The second-order valence-electron chi connectivity index (χ2n) is 5.19. The molecular formula is C14H20BrFN2. The summed E-state index contributed by atoms with van der Waals surface area (Å²) in [6, 6.07) is 5.51. The Morgan fingerprint density at radius 2 is 2.11 bits per heavy atom. The number of halogens is 2. The second kappa shape index (κ2) is 6.13. The zero-order valence-electron chi connectivity index (χ0n) is 10.7. The van der Waals surface area contributed by atoms with Gasteiger partial charge in [0.05, 0.1) is 4.47 Å². The van der Waals surface area contributed by atoms with Crippen molar-refractivity contribution in [3.05, 3.63) is 34.1 Å². The van der Waals surface area contributed by atoms with Crippen molar-refractivity contribution >= 4 is 15.9 Å². The quantitative estimate of drug-likeness (QED) is 0.928. The fourth-order valence-electron chi connectivity index (χ4n) is 2.55. The number of hydrogen-bond acceptors (Lipinski definition) is 2. The maximum atomic E-state index is 13.4. The molecule has 2 nitrogen and oxygen atoms in total. The molecule has 0 amide bonds. The van der Waals surface area contributed by atoms with Gasteiger partial charge in [-0.25, -0.2) is 4.39 Å². The van der Waals surface area contributed by atoms with Crippen LogP contribution in [0.5, 0.6) is 0 Å². The molecule has 1 aliphatic heterocycles. The normalized spacial score (nSPS) is 20.0. The van der Waals surface area contributed by atoms with Crippen LogP contribution >= 0.6 is 15.9 Å². The average Bonchev–Trinajstić information content (AvgIpc) is 2.36. The van der Waals surface area contributed by atoms with E-state index in [1.54, 1.807) is 6.07 Å². The van der Waals surface area contributed by atoms with Crippen LogP contribution in [0.4, 0.5) is 4.39 Å². The summed E-state index contributed by atoms with van der Waals surface area (Å²) in [5.74, 6) is 0.454. The monoisotopic (exact) mass is 314 g/mol. The Bertz CT molecular complexity index is 401. The Morgan fingerprint density at radius 1 is 1.44 bits per heavy atom. The predicted octanol–water partition coefficient (Wildman–Crippen LogP) is 3.15. The molecule has 2 N–H and O–H groups in total. The van der Waals surface area contributed by atoms with Gasteiger partial charge >= 0.3 is 0 Å². The van der Waals surface area contributed by atoms with Gasteiger partial charge in [0.25, 0.3) is 0 Å². The lowest BCUT2D eigenvalue weighted by atomic mass is 9.91. The molecule has 1 unspecified atom stereocenters. The van der Waals surface area contributed by atoms with Gasteiger partial charge in [-0.1, -0.05) is 12.1 Å². The van der Waals surface area contributed by atoms with Crippen LogP contribution in [-0.4, -0.2) is 24.0 Å². The maximum absolute atomic E-state index is 13.4. The summed E-state index contributed by atoms with van der Waals surface area (Å²) < 4.78 is 14.0. The van der Waals surface area contributed by atoms with E-state index in [-0.39, 0.29) is 11.9 Å². The molecule has 0 radical (unpaired) electrons. The molecule has 0 saturated carbocycles. The van der Waals surface area contributed by atoms with Crippen molar-refractivity contribution < 1.29 is 4.39 Å². The van der Waals surface area contributed by atoms with E-state index in [2.05, 4.69) is 27.8 Å². The van der Waals surface area contributed by atoms with Gasteiger partial charge in [-0.2, -0.15) is 0 Å². The SMILES string of the molecule is CC(N)C1CCN(Cc2cccc(F)c2Br)CC1. The molecule has 1 aromatic rings. The van der Waals surface area contributed by atoms with Gasteiger partial charge in [0.15, 0.2) is 0 Å². The van der Waals surface area contributed by atoms with Crippen LogP contribution in [0.2, 0.25) is 0 Å². The highest BCUT2D eigenvalue weighted by Gasteiger charge is 2.22. The highest BCUT2D eigenvalue weighted by molar-refractivity contribution is 9.10. The van der Waals surface area contributed by atoms with Gasteiger partial charge in [-0.3, -0.25) is 4.90 Å². The first kappa shape index (κ1) is 14.0. The first-order chi connectivity index (χ1) is 8.58. The van der Waals surface area contributed by atoms with E-state index in [1.807, 2.05) is 6.07 Å². The third-order valence-corrected chi connectivity index (χ3v) is 4.69. The summed E-state index contributed by atoms with van der Waals surface area (Å²) in [6.07, 6.45) is 2.29. The molecule has 1 aliphatic rings. The molecule has 0 bridgehead atoms. The number of likely N-dealkylation sites (tertiary alicyclic amines) is 1. The number of piperidine rings is 1. The molecule has 100 valence electrons. The van der Waals surface area contributed by atoms with Crippen LogP contribution in [-0.2, 0) is 6.54 Å². The van der Waals surface area contributed by atoms with Crippen molar-refractivity contribution in [2.45, 2.75) is 32.4 Å². The summed E-state index contributed by atoms with van der Waals surface area (Å²) in [4.78, 5) is 2.37. The van der Waals surface area contributed by atoms with Crippen LogP contribution in [0.3, 0.4) is 0 Å². The largest absolute Gasteiger partial charge is 0.328 e. The molecule has 1 atom stereocenters. The van der Waals surface area contributed by atoms with E-state index in [9.17, 15) is 4.39 Å². The highest BCUT2D eigenvalue weighted by atomic mass is 79.9. The Hall–Kier alpha value is -0.450. The Balaban J connectivity index is 1.94. The van der Waals surface area contributed by atoms with Crippen molar-refractivity contribution in [2.24, 2.45) is 11.7 Å². The summed E-state index contributed by atoms with van der Waals surface area (Å²) in [6.45, 7) is 5.00.